The van der Waals surface area contributed by atoms with Gasteiger partial charge in [0.25, 0.3) is 0 Å². The summed E-state index contributed by atoms with van der Waals surface area (Å²) in [6.07, 6.45) is 4.14. The first-order valence-corrected chi connectivity index (χ1v) is 7.11. The molecule has 1 saturated heterocycles. The van der Waals surface area contributed by atoms with E-state index in [1.165, 1.54) is 25.9 Å². The number of nitrogens with two attached hydrogens (primary N) is 1. The largest absolute Gasteiger partial charge is 0.359 e. The molecule has 0 atom stereocenters. The molecule has 0 bridgehead atoms. The second-order valence-electron chi connectivity index (χ2n) is 4.96. The van der Waals surface area contributed by atoms with E-state index in [0.29, 0.717) is 6.42 Å². The summed E-state index contributed by atoms with van der Waals surface area (Å²) >= 11 is 0. The molecule has 0 aromatic heterocycles. The molecule has 5 heteroatoms. The Morgan fingerprint density at radius 1 is 1.11 bits per heavy atom. The van der Waals surface area contributed by atoms with Crippen molar-refractivity contribution in [3.63, 3.8) is 0 Å². The molecule has 1 aliphatic heterocycles. The Hall–Kier alpha value is -0.650. The standard InChI is InChI=1S/C13H28N4O/c1-15-13(18)5-10-17-9-4-8-16(11-12-17)7-3-2-6-14/h2-12,14H2,1H3,(H,15,18). The Kier molecular flexibility index (Phi) is 7.96. The van der Waals surface area contributed by atoms with Crippen LogP contribution >= 0.6 is 0 Å². The number of carbonyl (C=O) groups is 1. The second kappa shape index (κ2) is 9.30. The van der Waals surface area contributed by atoms with Crippen LogP contribution in [0, 0.1) is 0 Å². The van der Waals surface area contributed by atoms with Crippen molar-refractivity contribution in [1.29, 1.82) is 0 Å². The van der Waals surface area contributed by atoms with Crippen molar-refractivity contribution >= 4 is 5.91 Å². The van der Waals surface area contributed by atoms with Crippen LogP contribution in [0.1, 0.15) is 25.7 Å². The van der Waals surface area contributed by atoms with Crippen LogP contribution in [0.15, 0.2) is 0 Å². The van der Waals surface area contributed by atoms with Crippen molar-refractivity contribution in [3.8, 4) is 0 Å². The normalized spacial score (nSPS) is 18.6. The van der Waals surface area contributed by atoms with E-state index in [9.17, 15) is 4.79 Å². The lowest BCUT2D eigenvalue weighted by Crippen LogP contribution is -2.33. The summed E-state index contributed by atoms with van der Waals surface area (Å²) in [5, 5.41) is 2.68. The van der Waals surface area contributed by atoms with Gasteiger partial charge in [-0.1, -0.05) is 0 Å². The van der Waals surface area contributed by atoms with Gasteiger partial charge in [0, 0.05) is 33.1 Å². The van der Waals surface area contributed by atoms with Crippen molar-refractivity contribution in [2.45, 2.75) is 25.7 Å². The van der Waals surface area contributed by atoms with Crippen LogP contribution in [0.25, 0.3) is 0 Å². The van der Waals surface area contributed by atoms with Gasteiger partial charge in [-0.3, -0.25) is 4.79 Å². The summed E-state index contributed by atoms with van der Waals surface area (Å²) in [6, 6.07) is 0. The van der Waals surface area contributed by atoms with Crippen LogP contribution in [0.2, 0.25) is 0 Å². The zero-order valence-corrected chi connectivity index (χ0v) is 11.7. The minimum absolute atomic E-state index is 0.138. The summed E-state index contributed by atoms with van der Waals surface area (Å²) in [5.41, 5.74) is 5.51. The van der Waals surface area contributed by atoms with Gasteiger partial charge in [0.1, 0.15) is 0 Å². The van der Waals surface area contributed by atoms with Crippen molar-refractivity contribution in [1.82, 2.24) is 15.1 Å². The van der Waals surface area contributed by atoms with Gasteiger partial charge in [-0.15, -0.1) is 0 Å². The molecule has 0 saturated carbocycles. The van der Waals surface area contributed by atoms with Crippen LogP contribution in [0.5, 0.6) is 0 Å². The van der Waals surface area contributed by atoms with Gasteiger partial charge < -0.3 is 20.9 Å². The van der Waals surface area contributed by atoms with Crippen LogP contribution in [-0.2, 0) is 4.79 Å². The molecule has 18 heavy (non-hydrogen) atoms. The lowest BCUT2D eigenvalue weighted by molar-refractivity contribution is -0.120. The number of unbranched alkanes of at least 4 members (excludes halogenated alkanes) is 1. The predicted molar refractivity (Wildman–Crippen MR) is 74.5 cm³/mol. The third-order valence-corrected chi connectivity index (χ3v) is 3.54. The summed E-state index contributed by atoms with van der Waals surface area (Å²) < 4.78 is 0. The van der Waals surface area contributed by atoms with E-state index in [2.05, 4.69) is 15.1 Å². The van der Waals surface area contributed by atoms with Crippen LogP contribution in [0.3, 0.4) is 0 Å². The third-order valence-electron chi connectivity index (χ3n) is 3.54. The Morgan fingerprint density at radius 2 is 1.78 bits per heavy atom. The minimum Gasteiger partial charge on any atom is -0.359 e. The topological polar surface area (TPSA) is 61.6 Å². The molecule has 0 spiro atoms. The molecular weight excluding hydrogens is 228 g/mol. The van der Waals surface area contributed by atoms with E-state index in [0.717, 1.165) is 39.1 Å². The smallest absolute Gasteiger partial charge is 0.221 e. The van der Waals surface area contributed by atoms with E-state index < -0.39 is 0 Å². The first-order valence-electron chi connectivity index (χ1n) is 7.11. The monoisotopic (exact) mass is 256 g/mol. The highest BCUT2D eigenvalue weighted by atomic mass is 16.1. The highest BCUT2D eigenvalue weighted by Gasteiger charge is 2.14. The second-order valence-corrected chi connectivity index (χ2v) is 4.96. The minimum atomic E-state index is 0.138. The van der Waals surface area contributed by atoms with Crippen LogP contribution < -0.4 is 11.1 Å². The van der Waals surface area contributed by atoms with Crippen LogP contribution in [0.4, 0.5) is 0 Å². The molecule has 3 N–H and O–H groups in total. The molecule has 1 rings (SSSR count). The van der Waals surface area contributed by atoms with Gasteiger partial charge in [-0.25, -0.2) is 0 Å². The van der Waals surface area contributed by atoms with Crippen molar-refractivity contribution in [2.75, 3.05) is 52.9 Å². The van der Waals surface area contributed by atoms with Crippen molar-refractivity contribution in [2.24, 2.45) is 5.73 Å². The lowest BCUT2D eigenvalue weighted by Gasteiger charge is -2.21. The number of nitrogens with one attached hydrogen (secondary N) is 1. The molecule has 0 aromatic rings. The molecule has 106 valence electrons. The van der Waals surface area contributed by atoms with Crippen molar-refractivity contribution in [3.05, 3.63) is 0 Å². The molecule has 0 unspecified atom stereocenters. The number of rotatable bonds is 7. The molecule has 1 fully saturated rings. The Labute approximate surface area is 111 Å². The molecule has 1 amide bonds. The van der Waals surface area contributed by atoms with Gasteiger partial charge in [-0.05, 0) is 45.4 Å². The molecule has 0 radical (unpaired) electrons. The summed E-state index contributed by atoms with van der Waals surface area (Å²) in [4.78, 5) is 16.1. The fourth-order valence-corrected chi connectivity index (χ4v) is 2.34. The number of nitrogens with zero attached hydrogens (tertiary/aromatic N) is 2. The quantitative estimate of drug-likeness (QED) is 0.623. The van der Waals surface area contributed by atoms with Gasteiger partial charge in [-0.2, -0.15) is 0 Å². The zero-order chi connectivity index (χ0) is 13.2. The average molecular weight is 256 g/mol. The summed E-state index contributed by atoms with van der Waals surface area (Å²) in [5.74, 6) is 0.138. The zero-order valence-electron chi connectivity index (χ0n) is 11.7. The average Bonchev–Trinajstić information content (AvgIpc) is 2.62. The molecular formula is C13H28N4O. The maximum absolute atomic E-state index is 11.2. The number of amides is 1. The predicted octanol–water partition coefficient (Wildman–Crippen LogP) is -0.131. The van der Waals surface area contributed by atoms with Gasteiger partial charge in [0.05, 0.1) is 0 Å². The molecule has 0 aliphatic carbocycles. The summed E-state index contributed by atoms with van der Waals surface area (Å²) in [6.45, 7) is 7.35. The number of carbonyl (C=O) groups excluding carboxylic acids is 1. The lowest BCUT2D eigenvalue weighted by atomic mass is 10.3. The molecule has 1 heterocycles. The highest BCUT2D eigenvalue weighted by Crippen LogP contribution is 2.05. The first-order chi connectivity index (χ1) is 8.76. The molecule has 5 nitrogen and oxygen atoms in total. The Balaban J connectivity index is 2.17. The number of hydrogen-bond donors (Lipinski definition) is 2. The fourth-order valence-electron chi connectivity index (χ4n) is 2.34. The molecule has 1 aliphatic rings. The fraction of sp³-hybridized carbons (Fsp3) is 0.923. The molecule has 0 aromatic carbocycles. The third kappa shape index (κ3) is 6.33. The number of hydrogen-bond acceptors (Lipinski definition) is 4. The maximum atomic E-state index is 11.2. The van der Waals surface area contributed by atoms with Crippen molar-refractivity contribution < 1.29 is 4.79 Å². The van der Waals surface area contributed by atoms with Gasteiger partial charge >= 0.3 is 0 Å². The summed E-state index contributed by atoms with van der Waals surface area (Å²) in [7, 11) is 1.70. The highest BCUT2D eigenvalue weighted by molar-refractivity contribution is 5.75. The van der Waals surface area contributed by atoms with E-state index in [1.807, 2.05) is 0 Å². The van der Waals surface area contributed by atoms with Gasteiger partial charge in [0.2, 0.25) is 5.91 Å². The van der Waals surface area contributed by atoms with E-state index in [4.69, 9.17) is 5.73 Å². The van der Waals surface area contributed by atoms with E-state index in [1.54, 1.807) is 7.05 Å². The van der Waals surface area contributed by atoms with Gasteiger partial charge in [0.15, 0.2) is 0 Å². The SMILES string of the molecule is CNC(=O)CCN1CCCN(CCCCN)CC1. The van der Waals surface area contributed by atoms with E-state index >= 15 is 0 Å². The Bertz CT molecular complexity index is 235. The maximum Gasteiger partial charge on any atom is 0.221 e. The first kappa shape index (κ1) is 15.4. The van der Waals surface area contributed by atoms with E-state index in [-0.39, 0.29) is 5.91 Å². The van der Waals surface area contributed by atoms with Crippen LogP contribution in [-0.4, -0.2) is 68.6 Å². The Morgan fingerprint density at radius 3 is 2.39 bits per heavy atom.